The molecule has 1 aliphatic rings. The minimum absolute atomic E-state index is 0.00287. The molecule has 2 rings (SSSR count). The van der Waals surface area contributed by atoms with Crippen LogP contribution in [0.5, 0.6) is 0 Å². The van der Waals surface area contributed by atoms with E-state index in [0.717, 1.165) is 25.9 Å². The largest absolute Gasteiger partial charge is 0.339 e. The second-order valence-electron chi connectivity index (χ2n) is 3.67. The highest BCUT2D eigenvalue weighted by Gasteiger charge is 2.17. The van der Waals surface area contributed by atoms with E-state index in [4.69, 9.17) is 0 Å². The first kappa shape index (κ1) is 10.1. The Hall–Kier alpha value is -1.38. The number of hydrogen-bond acceptors (Lipinski definition) is 1. The molecule has 3 heteroatoms. The second-order valence-corrected chi connectivity index (χ2v) is 3.67. The zero-order chi connectivity index (χ0) is 10.7. The highest BCUT2D eigenvalue weighted by Crippen LogP contribution is 2.12. The van der Waals surface area contributed by atoms with Crippen LogP contribution >= 0.6 is 0 Å². The molecule has 1 aliphatic heterocycles. The van der Waals surface area contributed by atoms with Gasteiger partial charge in [-0.3, -0.25) is 4.79 Å². The van der Waals surface area contributed by atoms with Gasteiger partial charge in [-0.25, -0.2) is 4.39 Å². The predicted molar refractivity (Wildman–Crippen MR) is 55.8 cm³/mol. The summed E-state index contributed by atoms with van der Waals surface area (Å²) in [6.45, 7) is 1.55. The number of likely N-dealkylation sites (tertiary alicyclic amines) is 1. The lowest BCUT2D eigenvalue weighted by Gasteiger charge is -2.26. The molecular formula is C12H13FNO. The minimum atomic E-state index is -0.307. The van der Waals surface area contributed by atoms with Crippen molar-refractivity contribution in [2.45, 2.75) is 12.8 Å². The first-order chi connectivity index (χ1) is 7.27. The molecule has 1 amide bonds. The van der Waals surface area contributed by atoms with Crippen molar-refractivity contribution in [3.8, 4) is 0 Å². The highest BCUT2D eigenvalue weighted by atomic mass is 19.1. The van der Waals surface area contributed by atoms with E-state index in [1.807, 2.05) is 4.90 Å². The zero-order valence-corrected chi connectivity index (χ0v) is 8.45. The van der Waals surface area contributed by atoms with Gasteiger partial charge in [0.05, 0.1) is 0 Å². The third-order valence-electron chi connectivity index (χ3n) is 2.58. The number of rotatable bonds is 1. The lowest BCUT2D eigenvalue weighted by molar-refractivity contribution is 0.0742. The van der Waals surface area contributed by atoms with Crippen molar-refractivity contribution < 1.29 is 9.18 Å². The molecule has 0 N–H and O–H groups in total. The van der Waals surface area contributed by atoms with Crippen molar-refractivity contribution >= 4 is 5.91 Å². The summed E-state index contributed by atoms with van der Waals surface area (Å²) in [7, 11) is 0. The molecular weight excluding hydrogens is 193 g/mol. The molecule has 0 bridgehead atoms. The van der Waals surface area contributed by atoms with Gasteiger partial charge in [0.2, 0.25) is 0 Å². The van der Waals surface area contributed by atoms with E-state index in [-0.39, 0.29) is 11.7 Å². The summed E-state index contributed by atoms with van der Waals surface area (Å²) in [5.74, 6) is -0.304. The average Bonchev–Trinajstić information content (AvgIpc) is 2.30. The smallest absolute Gasteiger partial charge is 0.253 e. The number of carbonyl (C=O) groups is 1. The number of hydrogen-bond donors (Lipinski definition) is 0. The summed E-state index contributed by atoms with van der Waals surface area (Å²) < 4.78 is 12.7. The van der Waals surface area contributed by atoms with Crippen molar-refractivity contribution in [2.75, 3.05) is 13.1 Å². The van der Waals surface area contributed by atoms with Crippen molar-refractivity contribution in [3.63, 3.8) is 0 Å². The highest BCUT2D eigenvalue weighted by molar-refractivity contribution is 5.94. The fraction of sp³-hybridized carbons (Fsp3) is 0.333. The van der Waals surface area contributed by atoms with Crippen LogP contribution in [0.25, 0.3) is 0 Å². The van der Waals surface area contributed by atoms with Crippen LogP contribution in [-0.2, 0) is 0 Å². The molecule has 2 nitrogen and oxygen atoms in total. The van der Waals surface area contributed by atoms with Gasteiger partial charge in [0.25, 0.3) is 5.91 Å². The van der Waals surface area contributed by atoms with E-state index in [1.54, 1.807) is 0 Å². The first-order valence-electron chi connectivity index (χ1n) is 5.14. The van der Waals surface area contributed by atoms with Gasteiger partial charge < -0.3 is 4.90 Å². The van der Waals surface area contributed by atoms with E-state index in [1.165, 1.54) is 24.3 Å². The standard InChI is InChI=1S/C12H13FNO/c13-11-6-4-10(5-7-11)12(15)14-8-2-1-3-9-14/h1,4-7H,2-3,8-9H2. The first-order valence-corrected chi connectivity index (χ1v) is 5.14. The fourth-order valence-electron chi connectivity index (χ4n) is 1.73. The van der Waals surface area contributed by atoms with Gasteiger partial charge in [0.1, 0.15) is 5.82 Å². The van der Waals surface area contributed by atoms with Crippen LogP contribution in [0.1, 0.15) is 23.2 Å². The lowest BCUT2D eigenvalue weighted by atomic mass is 10.1. The molecule has 1 aromatic carbocycles. The predicted octanol–water partition coefficient (Wildman–Crippen LogP) is 2.27. The van der Waals surface area contributed by atoms with Crippen LogP contribution in [0.3, 0.4) is 0 Å². The van der Waals surface area contributed by atoms with E-state index in [9.17, 15) is 9.18 Å². The molecule has 0 unspecified atom stereocenters. The third kappa shape index (κ3) is 2.35. The quantitative estimate of drug-likeness (QED) is 0.690. The maximum absolute atomic E-state index is 12.7. The monoisotopic (exact) mass is 206 g/mol. The molecule has 1 heterocycles. The van der Waals surface area contributed by atoms with Gasteiger partial charge in [-0.15, -0.1) is 0 Å². The Labute approximate surface area is 88.7 Å². The summed E-state index contributed by atoms with van der Waals surface area (Å²) in [5, 5.41) is 0. The van der Waals surface area contributed by atoms with Crippen LogP contribution < -0.4 is 0 Å². The second kappa shape index (κ2) is 4.43. The normalized spacial score (nSPS) is 16.5. The van der Waals surface area contributed by atoms with Gasteiger partial charge in [-0.2, -0.15) is 0 Å². The summed E-state index contributed by atoms with van der Waals surface area (Å²) in [6, 6.07) is 5.72. The molecule has 15 heavy (non-hydrogen) atoms. The Morgan fingerprint density at radius 1 is 1.13 bits per heavy atom. The SMILES string of the molecule is O=C(c1ccc(F)cc1)N1CC[CH]CC1. The Balaban J connectivity index is 2.09. The molecule has 1 aromatic rings. The van der Waals surface area contributed by atoms with E-state index in [0.29, 0.717) is 5.56 Å². The summed E-state index contributed by atoms with van der Waals surface area (Å²) in [4.78, 5) is 13.7. The van der Waals surface area contributed by atoms with Crippen LogP contribution in [0.2, 0.25) is 0 Å². The van der Waals surface area contributed by atoms with Crippen LogP contribution in [0, 0.1) is 12.2 Å². The molecule has 0 spiro atoms. The molecule has 0 aromatic heterocycles. The maximum atomic E-state index is 12.7. The van der Waals surface area contributed by atoms with E-state index >= 15 is 0 Å². The van der Waals surface area contributed by atoms with Crippen LogP contribution in [-0.4, -0.2) is 23.9 Å². The number of benzene rings is 1. The lowest BCUT2D eigenvalue weighted by Crippen LogP contribution is -2.35. The van der Waals surface area contributed by atoms with E-state index < -0.39 is 0 Å². The van der Waals surface area contributed by atoms with Gasteiger partial charge in [-0.1, -0.05) is 0 Å². The van der Waals surface area contributed by atoms with Gasteiger partial charge in [0.15, 0.2) is 0 Å². The van der Waals surface area contributed by atoms with Gasteiger partial charge >= 0.3 is 0 Å². The molecule has 1 saturated heterocycles. The third-order valence-corrected chi connectivity index (χ3v) is 2.58. The average molecular weight is 206 g/mol. The van der Waals surface area contributed by atoms with Crippen molar-refractivity contribution in [2.24, 2.45) is 0 Å². The van der Waals surface area contributed by atoms with Crippen LogP contribution in [0.4, 0.5) is 4.39 Å². The molecule has 0 aliphatic carbocycles. The van der Waals surface area contributed by atoms with Gasteiger partial charge in [-0.05, 0) is 43.5 Å². The topological polar surface area (TPSA) is 20.3 Å². The number of amides is 1. The summed E-state index contributed by atoms with van der Waals surface area (Å²) in [6.07, 6.45) is 4.09. The van der Waals surface area contributed by atoms with Crippen molar-refractivity contribution in [1.82, 2.24) is 4.90 Å². The number of piperidine rings is 1. The molecule has 79 valence electrons. The maximum Gasteiger partial charge on any atom is 0.253 e. The van der Waals surface area contributed by atoms with Crippen LogP contribution in [0.15, 0.2) is 24.3 Å². The minimum Gasteiger partial charge on any atom is -0.339 e. The Morgan fingerprint density at radius 3 is 2.33 bits per heavy atom. The molecule has 1 fully saturated rings. The molecule has 0 saturated carbocycles. The Kier molecular flexibility index (Phi) is 2.99. The zero-order valence-electron chi connectivity index (χ0n) is 8.45. The van der Waals surface area contributed by atoms with Crippen molar-refractivity contribution in [3.05, 3.63) is 42.1 Å². The molecule has 0 atom stereocenters. The number of carbonyl (C=O) groups excluding carboxylic acids is 1. The summed E-state index contributed by atoms with van der Waals surface area (Å²) >= 11 is 0. The Bertz CT molecular complexity index is 341. The van der Waals surface area contributed by atoms with E-state index in [2.05, 4.69) is 6.42 Å². The fourth-order valence-corrected chi connectivity index (χ4v) is 1.73. The Morgan fingerprint density at radius 2 is 1.73 bits per heavy atom. The summed E-state index contributed by atoms with van der Waals surface area (Å²) in [5.41, 5.74) is 0.568. The van der Waals surface area contributed by atoms with Crippen molar-refractivity contribution in [1.29, 1.82) is 0 Å². The number of nitrogens with zero attached hydrogens (tertiary/aromatic N) is 1. The van der Waals surface area contributed by atoms with Gasteiger partial charge in [0, 0.05) is 18.7 Å². The molecule has 1 radical (unpaired) electrons. The number of halogens is 1.